The van der Waals surface area contributed by atoms with Gasteiger partial charge in [0.05, 0.1) is 19.8 Å². The number of halogens is 3. The molecule has 0 bridgehead atoms. The number of ether oxygens (including phenoxy) is 3. The van der Waals surface area contributed by atoms with Crippen LogP contribution in [0.3, 0.4) is 0 Å². The first-order chi connectivity index (χ1) is 13.2. The van der Waals surface area contributed by atoms with Gasteiger partial charge in [0.15, 0.2) is 6.04 Å². The third kappa shape index (κ3) is 5.32. The second-order valence-corrected chi connectivity index (χ2v) is 9.00. The van der Waals surface area contributed by atoms with E-state index >= 15 is 0 Å². The molecule has 2 unspecified atom stereocenters. The molecule has 1 amide bonds. The SMILES string of the molecule is COC(=O)C1C2OCCC(OS(=O)(=O)C(F)(F)F)=C[C@H]2CN1C(=O)OC(C)(C)C. The molecule has 2 aliphatic heterocycles. The van der Waals surface area contributed by atoms with Gasteiger partial charge in [-0.05, 0) is 26.8 Å². The van der Waals surface area contributed by atoms with E-state index in [1.165, 1.54) is 0 Å². The van der Waals surface area contributed by atoms with Crippen molar-refractivity contribution in [1.82, 2.24) is 4.90 Å². The van der Waals surface area contributed by atoms with Crippen LogP contribution in [0.5, 0.6) is 0 Å². The van der Waals surface area contributed by atoms with Crippen LogP contribution in [0.2, 0.25) is 0 Å². The molecule has 9 nitrogen and oxygen atoms in total. The lowest BCUT2D eigenvalue weighted by molar-refractivity contribution is -0.150. The minimum Gasteiger partial charge on any atom is -0.467 e. The minimum atomic E-state index is -5.85. The molecule has 0 spiro atoms. The summed E-state index contributed by atoms with van der Waals surface area (Å²) in [6, 6.07) is -1.21. The maximum atomic E-state index is 12.6. The number of methoxy groups -OCH3 is 1. The number of alkyl halides is 3. The van der Waals surface area contributed by atoms with Crippen LogP contribution < -0.4 is 0 Å². The molecule has 0 saturated carbocycles. The molecule has 29 heavy (non-hydrogen) atoms. The zero-order chi connectivity index (χ0) is 22.2. The van der Waals surface area contributed by atoms with Gasteiger partial charge in [0.25, 0.3) is 0 Å². The zero-order valence-corrected chi connectivity index (χ0v) is 17.0. The van der Waals surface area contributed by atoms with Crippen molar-refractivity contribution in [2.75, 3.05) is 20.3 Å². The second kappa shape index (κ2) is 8.01. The second-order valence-electron chi connectivity index (χ2n) is 7.47. The summed E-state index contributed by atoms with van der Waals surface area (Å²) in [4.78, 5) is 25.8. The van der Waals surface area contributed by atoms with Crippen LogP contribution in [-0.2, 0) is 33.3 Å². The Hall–Kier alpha value is -2.02. The Morgan fingerprint density at radius 2 is 1.86 bits per heavy atom. The molecule has 0 radical (unpaired) electrons. The first-order valence-electron chi connectivity index (χ1n) is 8.57. The van der Waals surface area contributed by atoms with Gasteiger partial charge < -0.3 is 18.4 Å². The lowest BCUT2D eigenvalue weighted by Crippen LogP contribution is -2.48. The van der Waals surface area contributed by atoms with E-state index in [1.54, 1.807) is 20.8 Å². The van der Waals surface area contributed by atoms with E-state index in [0.29, 0.717) is 0 Å². The topological polar surface area (TPSA) is 108 Å². The highest BCUT2D eigenvalue weighted by Gasteiger charge is 2.52. The van der Waals surface area contributed by atoms with Gasteiger partial charge in [0, 0.05) is 18.9 Å². The molecule has 0 aromatic heterocycles. The van der Waals surface area contributed by atoms with Crippen molar-refractivity contribution in [3.8, 4) is 0 Å². The van der Waals surface area contributed by atoms with Crippen LogP contribution in [0.1, 0.15) is 27.2 Å². The molecule has 3 atom stereocenters. The Balaban J connectivity index is 2.32. The van der Waals surface area contributed by atoms with Crippen LogP contribution in [0.25, 0.3) is 0 Å². The van der Waals surface area contributed by atoms with Crippen molar-refractivity contribution in [3.63, 3.8) is 0 Å². The largest absolute Gasteiger partial charge is 0.534 e. The summed E-state index contributed by atoms with van der Waals surface area (Å²) in [6.45, 7) is 4.47. The number of esters is 1. The van der Waals surface area contributed by atoms with Gasteiger partial charge in [-0.2, -0.15) is 21.6 Å². The third-order valence-electron chi connectivity index (χ3n) is 4.11. The maximum absolute atomic E-state index is 12.6. The van der Waals surface area contributed by atoms with E-state index in [9.17, 15) is 31.2 Å². The van der Waals surface area contributed by atoms with Crippen molar-refractivity contribution in [3.05, 3.63) is 11.8 Å². The van der Waals surface area contributed by atoms with Crippen LogP contribution in [-0.4, -0.2) is 68.9 Å². The van der Waals surface area contributed by atoms with Crippen LogP contribution in [0, 0.1) is 5.92 Å². The maximum Gasteiger partial charge on any atom is 0.534 e. The summed E-state index contributed by atoms with van der Waals surface area (Å²) in [7, 11) is -4.74. The van der Waals surface area contributed by atoms with Gasteiger partial charge in [-0.25, -0.2) is 9.59 Å². The fourth-order valence-corrected chi connectivity index (χ4v) is 3.50. The van der Waals surface area contributed by atoms with Gasteiger partial charge in [0.1, 0.15) is 11.4 Å². The average Bonchev–Trinajstić information content (AvgIpc) is 2.78. The Bertz CT molecular complexity index is 787. The van der Waals surface area contributed by atoms with Gasteiger partial charge in [0.2, 0.25) is 0 Å². The molecule has 0 aromatic carbocycles. The van der Waals surface area contributed by atoms with E-state index in [2.05, 4.69) is 4.18 Å². The molecule has 2 aliphatic rings. The summed E-state index contributed by atoms with van der Waals surface area (Å²) < 4.78 is 80.1. The van der Waals surface area contributed by atoms with E-state index < -0.39 is 57.1 Å². The number of rotatable bonds is 3. The molecule has 2 rings (SSSR count). The van der Waals surface area contributed by atoms with Crippen molar-refractivity contribution in [2.24, 2.45) is 5.92 Å². The van der Waals surface area contributed by atoms with Crippen LogP contribution in [0.15, 0.2) is 11.8 Å². The van der Waals surface area contributed by atoms with Crippen LogP contribution in [0.4, 0.5) is 18.0 Å². The quantitative estimate of drug-likeness (QED) is 0.368. The molecule has 1 saturated heterocycles. The summed E-state index contributed by atoms with van der Waals surface area (Å²) >= 11 is 0. The van der Waals surface area contributed by atoms with Gasteiger partial charge in [-0.3, -0.25) is 4.90 Å². The Morgan fingerprint density at radius 3 is 2.38 bits per heavy atom. The lowest BCUT2D eigenvalue weighted by Gasteiger charge is -2.28. The molecular formula is C16H22F3NO8S. The number of likely N-dealkylation sites (tertiary alicyclic amines) is 1. The summed E-state index contributed by atoms with van der Waals surface area (Å²) in [6.07, 6.45) is -0.947. The molecule has 0 aromatic rings. The van der Waals surface area contributed by atoms with Crippen molar-refractivity contribution in [2.45, 2.75) is 50.4 Å². The lowest BCUT2D eigenvalue weighted by atomic mass is 10.0. The van der Waals surface area contributed by atoms with Gasteiger partial charge in [-0.1, -0.05) is 0 Å². The molecule has 13 heteroatoms. The normalized spacial score (nSPS) is 25.6. The van der Waals surface area contributed by atoms with Crippen molar-refractivity contribution < 1.29 is 49.6 Å². The van der Waals surface area contributed by atoms with Crippen molar-refractivity contribution >= 4 is 22.2 Å². The number of nitrogens with zero attached hydrogens (tertiary/aromatic N) is 1. The standard InChI is InChI=1S/C16H22F3NO8S/c1-15(2,3)27-14(22)20-8-9-7-10(28-29(23,24)16(17,18)19)5-6-26-12(9)11(20)13(21)25-4/h7,9,11-12H,5-6,8H2,1-4H3/t9-,11?,12?/m0/s1. The van der Waals surface area contributed by atoms with E-state index in [-0.39, 0.29) is 19.6 Å². The molecular weight excluding hydrogens is 423 g/mol. The Kier molecular flexibility index (Phi) is 6.43. The Morgan fingerprint density at radius 1 is 1.24 bits per heavy atom. The first-order valence-corrected chi connectivity index (χ1v) is 9.97. The van der Waals surface area contributed by atoms with Gasteiger partial charge in [-0.15, -0.1) is 0 Å². The average molecular weight is 445 g/mol. The number of amides is 1. The summed E-state index contributed by atoms with van der Waals surface area (Å²) in [5.41, 5.74) is -6.46. The fourth-order valence-electron chi connectivity index (χ4n) is 2.98. The summed E-state index contributed by atoms with van der Waals surface area (Å²) in [5.74, 6) is -2.10. The highest BCUT2D eigenvalue weighted by atomic mass is 32.2. The number of carbonyl (C=O) groups excluding carboxylic acids is 2. The molecule has 0 aliphatic carbocycles. The number of carbonyl (C=O) groups is 2. The van der Waals surface area contributed by atoms with E-state index in [0.717, 1.165) is 18.1 Å². The predicted octanol–water partition coefficient (Wildman–Crippen LogP) is 1.93. The Labute approximate surface area is 165 Å². The molecule has 0 N–H and O–H groups in total. The van der Waals surface area contributed by atoms with Crippen molar-refractivity contribution in [1.29, 1.82) is 0 Å². The zero-order valence-electron chi connectivity index (χ0n) is 16.2. The summed E-state index contributed by atoms with van der Waals surface area (Å²) in [5, 5.41) is 0. The smallest absolute Gasteiger partial charge is 0.467 e. The number of hydrogen-bond acceptors (Lipinski definition) is 8. The van der Waals surface area contributed by atoms with E-state index in [4.69, 9.17) is 14.2 Å². The fraction of sp³-hybridized carbons (Fsp3) is 0.750. The number of hydrogen-bond donors (Lipinski definition) is 0. The minimum absolute atomic E-state index is 0.168. The van der Waals surface area contributed by atoms with Crippen LogP contribution >= 0.6 is 0 Å². The van der Waals surface area contributed by atoms with E-state index in [1.807, 2.05) is 0 Å². The monoisotopic (exact) mass is 445 g/mol. The molecule has 1 fully saturated rings. The highest BCUT2D eigenvalue weighted by molar-refractivity contribution is 7.87. The highest BCUT2D eigenvalue weighted by Crippen LogP contribution is 2.35. The first kappa shape index (κ1) is 23.3. The molecule has 2 heterocycles. The third-order valence-corrected chi connectivity index (χ3v) is 5.11. The molecule has 166 valence electrons. The van der Waals surface area contributed by atoms with Gasteiger partial charge >= 0.3 is 27.7 Å². The predicted molar refractivity (Wildman–Crippen MR) is 90.7 cm³/mol. The number of fused-ring (bicyclic) bond motifs is 1.